The number of nitro groups is 1. The average molecular weight is 287 g/mol. The van der Waals surface area contributed by atoms with Crippen molar-refractivity contribution in [3.63, 3.8) is 0 Å². The third-order valence-electron chi connectivity index (χ3n) is 2.64. The van der Waals surface area contributed by atoms with E-state index in [1.165, 1.54) is 12.2 Å². The number of hydrogen-bond donors (Lipinski definition) is 2. The monoisotopic (exact) mass is 287 g/mol. The van der Waals surface area contributed by atoms with Crippen molar-refractivity contribution in [3.05, 3.63) is 72.0 Å². The molecule has 0 spiro atoms. The smallest absolute Gasteiger partial charge is 0.301 e. The van der Waals surface area contributed by atoms with Gasteiger partial charge >= 0.3 is 16.9 Å². The molecule has 0 fully saturated rings. The zero-order valence-corrected chi connectivity index (χ0v) is 10.5. The van der Waals surface area contributed by atoms with E-state index in [0.717, 1.165) is 0 Å². The molecule has 0 unspecified atom stereocenters. The number of H-pyrrole nitrogens is 2. The number of aromatic nitrogens is 2. The average Bonchev–Trinajstić information content (AvgIpc) is 2.44. The molecule has 0 aliphatic rings. The Morgan fingerprint density at radius 3 is 2.19 bits per heavy atom. The summed E-state index contributed by atoms with van der Waals surface area (Å²) in [5.41, 5.74) is -1.71. The molecular weight excluding hydrogens is 278 g/mol. The third-order valence-corrected chi connectivity index (χ3v) is 2.64. The summed E-state index contributed by atoms with van der Waals surface area (Å²) in [5, 5.41) is 10.8. The molecule has 8 heteroatoms. The van der Waals surface area contributed by atoms with Crippen molar-refractivity contribution in [1.82, 2.24) is 9.97 Å². The maximum absolute atomic E-state index is 11.4. The van der Waals surface area contributed by atoms with Crippen molar-refractivity contribution in [1.29, 1.82) is 0 Å². The van der Waals surface area contributed by atoms with E-state index in [-0.39, 0.29) is 5.69 Å². The molecule has 21 heavy (non-hydrogen) atoms. The molecule has 0 atom stereocenters. The Balaban J connectivity index is 2.44. The summed E-state index contributed by atoms with van der Waals surface area (Å²) in [6, 6.07) is 6.39. The number of nitrogens with one attached hydrogen (secondary N) is 2. The van der Waals surface area contributed by atoms with E-state index in [1.54, 1.807) is 29.2 Å². The summed E-state index contributed by atoms with van der Waals surface area (Å²) in [7, 11) is 0. The van der Waals surface area contributed by atoms with Crippen LogP contribution in [-0.2, 0) is 0 Å². The number of nitrogens with zero attached hydrogens (tertiary/aromatic N) is 1. The Kier molecular flexibility index (Phi) is 3.89. The molecule has 1 aromatic carbocycles. The first-order valence-electron chi connectivity index (χ1n) is 5.75. The van der Waals surface area contributed by atoms with Gasteiger partial charge in [0.1, 0.15) is 12.0 Å². The Morgan fingerprint density at radius 1 is 1.00 bits per heavy atom. The Hall–Kier alpha value is -3.29. The van der Waals surface area contributed by atoms with Crippen LogP contribution in [0.25, 0.3) is 12.2 Å². The highest BCUT2D eigenvalue weighted by molar-refractivity contribution is 5.77. The molecule has 8 nitrogen and oxygen atoms in total. The van der Waals surface area contributed by atoms with E-state index in [1.807, 2.05) is 0 Å². The van der Waals surface area contributed by atoms with Crippen LogP contribution in [0.3, 0.4) is 0 Å². The minimum Gasteiger partial charge on any atom is -0.301 e. The number of aldehydes is 1. The first-order chi connectivity index (χ1) is 10.0. The molecule has 0 saturated carbocycles. The zero-order valence-electron chi connectivity index (χ0n) is 10.5. The van der Waals surface area contributed by atoms with E-state index in [2.05, 4.69) is 4.98 Å². The first kappa shape index (κ1) is 14.1. The van der Waals surface area contributed by atoms with Crippen molar-refractivity contribution < 1.29 is 9.72 Å². The fourth-order valence-electron chi connectivity index (χ4n) is 1.66. The number of carbonyl (C=O) groups is 1. The predicted octanol–water partition coefficient (Wildman–Crippen LogP) is 0.954. The minimum atomic E-state index is -1.07. The Bertz CT molecular complexity index is 830. The standard InChI is InChI=1S/C13H9N3O5/c17-7-9-3-1-8(2-4-9)5-6-10-11(16(20)21)12(18)15-13(19)14-10/h1-7H,(H2,14,15,18,19)/b6-5+. The first-order valence-corrected chi connectivity index (χ1v) is 5.75. The Morgan fingerprint density at radius 2 is 1.62 bits per heavy atom. The van der Waals surface area contributed by atoms with Crippen molar-refractivity contribution in [2.24, 2.45) is 0 Å². The topological polar surface area (TPSA) is 126 Å². The summed E-state index contributed by atoms with van der Waals surface area (Å²) < 4.78 is 0. The van der Waals surface area contributed by atoms with Gasteiger partial charge in [-0.1, -0.05) is 30.3 Å². The minimum absolute atomic E-state index is 0.201. The van der Waals surface area contributed by atoms with E-state index in [4.69, 9.17) is 0 Å². The summed E-state index contributed by atoms with van der Waals surface area (Å²) >= 11 is 0. The number of aromatic amines is 2. The molecule has 2 N–H and O–H groups in total. The van der Waals surface area contributed by atoms with Gasteiger partial charge in [0, 0.05) is 5.56 Å². The van der Waals surface area contributed by atoms with Crippen LogP contribution >= 0.6 is 0 Å². The predicted molar refractivity (Wildman–Crippen MR) is 75.1 cm³/mol. The van der Waals surface area contributed by atoms with E-state index in [9.17, 15) is 24.5 Å². The lowest BCUT2D eigenvalue weighted by Crippen LogP contribution is -2.25. The molecule has 0 radical (unpaired) electrons. The van der Waals surface area contributed by atoms with Gasteiger partial charge in [-0.15, -0.1) is 0 Å². The normalized spacial score (nSPS) is 10.7. The van der Waals surface area contributed by atoms with Gasteiger partial charge in [-0.2, -0.15) is 0 Å². The second-order valence-corrected chi connectivity index (χ2v) is 4.05. The maximum atomic E-state index is 11.4. The molecular formula is C13H9N3O5. The van der Waals surface area contributed by atoms with Gasteiger partial charge in [-0.05, 0) is 11.6 Å². The Labute approximate surface area is 116 Å². The molecule has 106 valence electrons. The lowest BCUT2D eigenvalue weighted by molar-refractivity contribution is -0.386. The van der Waals surface area contributed by atoms with E-state index >= 15 is 0 Å². The summed E-state index contributed by atoms with van der Waals surface area (Å²) in [4.78, 5) is 47.1. The van der Waals surface area contributed by atoms with E-state index < -0.39 is 21.9 Å². The molecule has 0 amide bonds. The third kappa shape index (κ3) is 3.18. The quantitative estimate of drug-likeness (QED) is 0.492. The second kappa shape index (κ2) is 5.78. The van der Waals surface area contributed by atoms with Crippen LogP contribution in [0, 0.1) is 10.1 Å². The largest absolute Gasteiger partial charge is 0.357 e. The zero-order chi connectivity index (χ0) is 15.4. The number of rotatable bonds is 4. The van der Waals surface area contributed by atoms with Gasteiger partial charge in [0.05, 0.1) is 4.92 Å². The molecule has 0 saturated heterocycles. The molecule has 1 aromatic heterocycles. The lowest BCUT2D eigenvalue weighted by atomic mass is 10.1. The van der Waals surface area contributed by atoms with Gasteiger partial charge in [0.15, 0.2) is 0 Å². The summed E-state index contributed by atoms with van der Waals surface area (Å²) in [5.74, 6) is 0. The molecule has 1 heterocycles. The molecule has 0 aliphatic carbocycles. The number of benzene rings is 1. The highest BCUT2D eigenvalue weighted by atomic mass is 16.6. The van der Waals surface area contributed by atoms with Gasteiger partial charge in [0.25, 0.3) is 0 Å². The molecule has 2 aromatic rings. The van der Waals surface area contributed by atoms with Crippen LogP contribution in [0.4, 0.5) is 5.69 Å². The second-order valence-electron chi connectivity index (χ2n) is 4.05. The van der Waals surface area contributed by atoms with Gasteiger partial charge < -0.3 is 4.98 Å². The van der Waals surface area contributed by atoms with Gasteiger partial charge in [0.2, 0.25) is 0 Å². The summed E-state index contributed by atoms with van der Waals surface area (Å²) in [6.07, 6.45) is 3.42. The number of carbonyl (C=O) groups excluding carboxylic acids is 1. The molecule has 0 bridgehead atoms. The SMILES string of the molecule is O=Cc1ccc(/C=C/c2[nH]c(=O)[nH]c(=O)c2[N+](=O)[O-])cc1. The molecule has 2 rings (SSSR count). The van der Waals surface area contributed by atoms with Crippen LogP contribution in [-0.4, -0.2) is 21.2 Å². The van der Waals surface area contributed by atoms with Crippen LogP contribution in [0.2, 0.25) is 0 Å². The van der Waals surface area contributed by atoms with Crippen molar-refractivity contribution in [3.8, 4) is 0 Å². The number of hydrogen-bond acceptors (Lipinski definition) is 5. The van der Waals surface area contributed by atoms with E-state index in [0.29, 0.717) is 17.4 Å². The maximum Gasteiger partial charge on any atom is 0.357 e. The fourth-order valence-corrected chi connectivity index (χ4v) is 1.66. The fraction of sp³-hybridized carbons (Fsp3) is 0. The highest BCUT2D eigenvalue weighted by Crippen LogP contribution is 2.13. The van der Waals surface area contributed by atoms with Crippen molar-refractivity contribution >= 4 is 24.1 Å². The highest BCUT2D eigenvalue weighted by Gasteiger charge is 2.18. The van der Waals surface area contributed by atoms with Crippen LogP contribution in [0.5, 0.6) is 0 Å². The van der Waals surface area contributed by atoms with Gasteiger partial charge in [-0.25, -0.2) is 4.79 Å². The van der Waals surface area contributed by atoms with Crippen molar-refractivity contribution in [2.45, 2.75) is 0 Å². The van der Waals surface area contributed by atoms with Crippen LogP contribution in [0.15, 0.2) is 33.9 Å². The van der Waals surface area contributed by atoms with Crippen LogP contribution < -0.4 is 11.2 Å². The van der Waals surface area contributed by atoms with Crippen LogP contribution in [0.1, 0.15) is 21.6 Å². The van der Waals surface area contributed by atoms with Crippen molar-refractivity contribution in [2.75, 3.05) is 0 Å². The lowest BCUT2D eigenvalue weighted by Gasteiger charge is -1.97. The molecule has 0 aliphatic heterocycles. The summed E-state index contributed by atoms with van der Waals surface area (Å²) in [6.45, 7) is 0. The van der Waals surface area contributed by atoms with Gasteiger partial charge in [-0.3, -0.25) is 24.7 Å².